The number of benzene rings is 1. The molecule has 2 aromatic heterocycles. The number of hydrogen-bond acceptors (Lipinski definition) is 6. The first kappa shape index (κ1) is 16.8. The van der Waals surface area contributed by atoms with Gasteiger partial charge in [0.2, 0.25) is 0 Å². The normalized spacial score (nSPS) is 17.6. The number of imidazole rings is 1. The molecule has 7 heteroatoms. The fraction of sp³-hybridized carbons (Fsp3) is 0.421. The second-order valence-corrected chi connectivity index (χ2v) is 6.88. The van der Waals surface area contributed by atoms with E-state index >= 15 is 0 Å². The number of aromatic nitrogens is 4. The molecule has 1 saturated heterocycles. The number of ether oxygens (including phenoxy) is 1. The molecule has 1 aliphatic rings. The van der Waals surface area contributed by atoms with Gasteiger partial charge in [-0.25, -0.2) is 9.97 Å². The van der Waals surface area contributed by atoms with Crippen molar-refractivity contribution in [3.8, 4) is 11.6 Å². The summed E-state index contributed by atoms with van der Waals surface area (Å²) in [5.41, 5.74) is 1.85. The van der Waals surface area contributed by atoms with E-state index in [1.54, 1.807) is 18.7 Å². The first-order valence-corrected chi connectivity index (χ1v) is 9.12. The average Bonchev–Trinajstić information content (AvgIpc) is 3.05. The molecule has 1 fully saturated rings. The Bertz CT molecular complexity index is 885. The minimum absolute atomic E-state index is 0.125. The summed E-state index contributed by atoms with van der Waals surface area (Å²) in [5, 5.41) is 6.88. The second kappa shape index (κ2) is 7.29. The Morgan fingerprint density at radius 3 is 3.04 bits per heavy atom. The van der Waals surface area contributed by atoms with E-state index in [9.17, 15) is 0 Å². The number of nitrogens with zero attached hydrogens (tertiary/aromatic N) is 4. The summed E-state index contributed by atoms with van der Waals surface area (Å²) in [7, 11) is 0. The molecule has 0 saturated carbocycles. The van der Waals surface area contributed by atoms with Crippen molar-refractivity contribution >= 4 is 16.9 Å². The van der Waals surface area contributed by atoms with Crippen molar-refractivity contribution in [3.05, 3.63) is 36.9 Å². The van der Waals surface area contributed by atoms with Crippen molar-refractivity contribution in [3.63, 3.8) is 0 Å². The summed E-state index contributed by atoms with van der Waals surface area (Å²) in [6.07, 6.45) is 7.74. The van der Waals surface area contributed by atoms with Crippen molar-refractivity contribution in [2.45, 2.75) is 38.8 Å². The van der Waals surface area contributed by atoms with Gasteiger partial charge in [-0.2, -0.15) is 0 Å². The largest absolute Gasteiger partial charge is 0.491 e. The van der Waals surface area contributed by atoms with Gasteiger partial charge >= 0.3 is 0 Å². The molecule has 7 nitrogen and oxygen atoms in total. The lowest BCUT2D eigenvalue weighted by Crippen LogP contribution is -2.38. The highest BCUT2D eigenvalue weighted by Gasteiger charge is 2.14. The van der Waals surface area contributed by atoms with Crippen molar-refractivity contribution in [2.75, 3.05) is 18.4 Å². The molecule has 3 heterocycles. The van der Waals surface area contributed by atoms with E-state index in [1.807, 2.05) is 36.6 Å². The predicted molar refractivity (Wildman–Crippen MR) is 102 cm³/mol. The van der Waals surface area contributed by atoms with Crippen LogP contribution in [0.15, 0.2) is 36.9 Å². The Morgan fingerprint density at radius 1 is 1.31 bits per heavy atom. The first-order valence-electron chi connectivity index (χ1n) is 9.12. The minimum Gasteiger partial charge on any atom is -0.491 e. The lowest BCUT2D eigenvalue weighted by Gasteiger charge is -2.24. The van der Waals surface area contributed by atoms with Crippen LogP contribution in [0.2, 0.25) is 0 Å². The number of fused-ring (bicyclic) bond motifs is 1. The van der Waals surface area contributed by atoms with Crippen LogP contribution in [-0.4, -0.2) is 44.8 Å². The summed E-state index contributed by atoms with van der Waals surface area (Å²) in [5.74, 6) is 2.35. The van der Waals surface area contributed by atoms with Crippen LogP contribution >= 0.6 is 0 Å². The van der Waals surface area contributed by atoms with E-state index in [1.165, 1.54) is 6.42 Å². The van der Waals surface area contributed by atoms with Gasteiger partial charge in [0.1, 0.15) is 17.9 Å². The van der Waals surface area contributed by atoms with E-state index < -0.39 is 0 Å². The number of rotatable bonds is 5. The maximum atomic E-state index is 5.81. The first-order chi connectivity index (χ1) is 12.7. The van der Waals surface area contributed by atoms with Gasteiger partial charge < -0.3 is 15.4 Å². The number of nitrogens with one attached hydrogen (secondary N) is 2. The highest BCUT2D eigenvalue weighted by atomic mass is 16.5. The molecule has 1 atom stereocenters. The Kier molecular flexibility index (Phi) is 4.71. The molecule has 26 heavy (non-hydrogen) atoms. The van der Waals surface area contributed by atoms with Crippen LogP contribution in [0.1, 0.15) is 26.7 Å². The topological polar surface area (TPSA) is 76.9 Å². The third-order valence-electron chi connectivity index (χ3n) is 4.41. The molecule has 0 amide bonds. The summed E-state index contributed by atoms with van der Waals surface area (Å²) in [6.45, 7) is 6.08. The van der Waals surface area contributed by atoms with E-state index in [4.69, 9.17) is 9.72 Å². The summed E-state index contributed by atoms with van der Waals surface area (Å²) < 4.78 is 7.75. The quantitative estimate of drug-likeness (QED) is 0.735. The Morgan fingerprint density at radius 2 is 2.23 bits per heavy atom. The van der Waals surface area contributed by atoms with Gasteiger partial charge in [0.05, 0.1) is 29.5 Å². The molecule has 0 aliphatic carbocycles. The van der Waals surface area contributed by atoms with Crippen LogP contribution in [-0.2, 0) is 0 Å². The summed E-state index contributed by atoms with van der Waals surface area (Å²) in [4.78, 5) is 13.6. The molecule has 1 aromatic carbocycles. The van der Waals surface area contributed by atoms with Gasteiger partial charge in [0, 0.05) is 18.7 Å². The molecule has 0 bridgehead atoms. The maximum Gasteiger partial charge on any atom is 0.159 e. The van der Waals surface area contributed by atoms with E-state index in [2.05, 4.69) is 20.6 Å². The van der Waals surface area contributed by atoms with Crippen molar-refractivity contribution in [1.82, 2.24) is 24.8 Å². The maximum absolute atomic E-state index is 5.81. The fourth-order valence-electron chi connectivity index (χ4n) is 3.24. The fourth-order valence-corrected chi connectivity index (χ4v) is 3.24. The van der Waals surface area contributed by atoms with Crippen molar-refractivity contribution in [2.24, 2.45) is 0 Å². The zero-order valence-electron chi connectivity index (χ0n) is 15.1. The number of piperidine rings is 1. The summed E-state index contributed by atoms with van der Waals surface area (Å²) >= 11 is 0. The zero-order chi connectivity index (χ0) is 17.9. The molecule has 4 rings (SSSR count). The van der Waals surface area contributed by atoms with Crippen LogP contribution in [0.4, 0.5) is 5.82 Å². The van der Waals surface area contributed by atoms with Crippen LogP contribution in [0.25, 0.3) is 16.9 Å². The standard InChI is InChI=1S/C19H24N6O/c1-13(2)26-15-5-6-16-17(8-15)25(12-22-16)19-11-21-10-18(24-19)23-14-4-3-7-20-9-14/h5-6,8,10-14,20H,3-4,7,9H2,1-2H3,(H,23,24). The molecule has 2 N–H and O–H groups in total. The lowest BCUT2D eigenvalue weighted by molar-refractivity contribution is 0.242. The highest BCUT2D eigenvalue weighted by Crippen LogP contribution is 2.23. The lowest BCUT2D eigenvalue weighted by atomic mass is 10.1. The molecular formula is C19H24N6O. The van der Waals surface area contributed by atoms with Crippen LogP contribution in [0.3, 0.4) is 0 Å². The third-order valence-corrected chi connectivity index (χ3v) is 4.41. The second-order valence-electron chi connectivity index (χ2n) is 6.88. The minimum atomic E-state index is 0.125. The average molecular weight is 352 g/mol. The van der Waals surface area contributed by atoms with Crippen LogP contribution in [0, 0.1) is 0 Å². The van der Waals surface area contributed by atoms with Gasteiger partial charge in [-0.1, -0.05) is 0 Å². The Balaban J connectivity index is 1.63. The highest BCUT2D eigenvalue weighted by molar-refractivity contribution is 5.78. The zero-order valence-corrected chi connectivity index (χ0v) is 15.1. The molecule has 0 spiro atoms. The number of anilines is 1. The Hall–Kier alpha value is -2.67. The van der Waals surface area contributed by atoms with E-state index in [0.717, 1.165) is 47.9 Å². The van der Waals surface area contributed by atoms with Gasteiger partial charge in [-0.15, -0.1) is 0 Å². The number of hydrogen-bond donors (Lipinski definition) is 2. The SMILES string of the molecule is CC(C)Oc1ccc2ncn(-c3cncc(NC4CCCNC4)n3)c2c1. The molecule has 3 aromatic rings. The Labute approximate surface area is 152 Å². The van der Waals surface area contributed by atoms with Gasteiger partial charge in [-0.3, -0.25) is 9.55 Å². The van der Waals surface area contributed by atoms with Crippen molar-refractivity contribution < 1.29 is 4.74 Å². The molecule has 0 radical (unpaired) electrons. The third kappa shape index (κ3) is 3.62. The van der Waals surface area contributed by atoms with Crippen molar-refractivity contribution in [1.29, 1.82) is 0 Å². The van der Waals surface area contributed by atoms with Gasteiger partial charge in [0.25, 0.3) is 0 Å². The van der Waals surface area contributed by atoms with E-state index in [-0.39, 0.29) is 6.10 Å². The smallest absolute Gasteiger partial charge is 0.159 e. The molecule has 1 aliphatic heterocycles. The molecule has 1 unspecified atom stereocenters. The molecular weight excluding hydrogens is 328 g/mol. The van der Waals surface area contributed by atoms with Crippen LogP contribution < -0.4 is 15.4 Å². The predicted octanol–water partition coefficient (Wildman–Crippen LogP) is 2.77. The van der Waals surface area contributed by atoms with Gasteiger partial charge in [-0.05, 0) is 45.4 Å². The van der Waals surface area contributed by atoms with E-state index in [0.29, 0.717) is 6.04 Å². The monoisotopic (exact) mass is 352 g/mol. The van der Waals surface area contributed by atoms with Gasteiger partial charge in [0.15, 0.2) is 5.82 Å². The molecule has 136 valence electrons. The summed E-state index contributed by atoms with van der Waals surface area (Å²) in [6, 6.07) is 6.29. The van der Waals surface area contributed by atoms with Crippen LogP contribution in [0.5, 0.6) is 5.75 Å².